The van der Waals surface area contributed by atoms with Crippen LogP contribution in [-0.2, 0) is 0 Å². The molecule has 2 aromatic rings. The molecule has 0 aromatic heterocycles. The van der Waals surface area contributed by atoms with Crippen LogP contribution in [0.15, 0.2) is 57.5 Å². The van der Waals surface area contributed by atoms with E-state index >= 15 is 0 Å². The summed E-state index contributed by atoms with van der Waals surface area (Å²) < 4.78 is 2.26. The van der Waals surface area contributed by atoms with Crippen molar-refractivity contribution in [3.8, 4) is 0 Å². The Morgan fingerprint density at radius 2 is 0.933 bits per heavy atom. The summed E-state index contributed by atoms with van der Waals surface area (Å²) >= 11 is 6.87. The first-order chi connectivity index (χ1) is 7.24. The molecule has 0 aliphatic carbocycles. The van der Waals surface area contributed by atoms with Crippen LogP contribution in [0.3, 0.4) is 0 Å². The molecule has 0 saturated carbocycles. The number of hydrogen-bond donors (Lipinski definition) is 0. The second kappa shape index (κ2) is 5.25. The van der Waals surface area contributed by atoms with E-state index in [-0.39, 0.29) is 0 Å². The molecule has 3 heteroatoms. The molecule has 0 bridgehead atoms. The Balaban J connectivity index is 2.15. The van der Waals surface area contributed by atoms with Crippen LogP contribution in [0, 0.1) is 0 Å². The van der Waals surface area contributed by atoms with Crippen LogP contribution in [-0.4, -0.2) is 0 Å². The first-order valence-electron chi connectivity index (χ1n) is 4.52. The predicted molar refractivity (Wildman–Crippen MR) is 75.9 cm³/mol. The molecule has 0 atom stereocenters. The molecule has 2 aromatic carbocycles. The van der Waals surface area contributed by atoms with Gasteiger partial charge in [0.15, 0.2) is 0 Å². The molecular weight excluding hydrogens is 335 g/mol. The molecular formula is C12H9Br2P. The second-order valence-electron chi connectivity index (χ2n) is 3.14. The Kier molecular flexibility index (Phi) is 3.96. The Morgan fingerprint density at radius 1 is 0.600 bits per heavy atom. The monoisotopic (exact) mass is 342 g/mol. The summed E-state index contributed by atoms with van der Waals surface area (Å²) in [5.74, 6) is 0. The molecule has 0 aliphatic rings. The molecule has 0 unspecified atom stereocenters. The molecule has 0 nitrogen and oxygen atoms in total. The normalized spacial score (nSPS) is 10.3. The van der Waals surface area contributed by atoms with Crippen LogP contribution in [0.4, 0.5) is 0 Å². The van der Waals surface area contributed by atoms with Crippen molar-refractivity contribution in [2.24, 2.45) is 0 Å². The van der Waals surface area contributed by atoms with E-state index in [9.17, 15) is 0 Å². The van der Waals surface area contributed by atoms with E-state index < -0.39 is 0 Å². The van der Waals surface area contributed by atoms with Gasteiger partial charge in [-0.15, -0.1) is 0 Å². The van der Waals surface area contributed by atoms with Crippen molar-refractivity contribution in [1.82, 2.24) is 0 Å². The minimum atomic E-state index is 0.728. The molecule has 0 saturated heterocycles. The van der Waals surface area contributed by atoms with Gasteiger partial charge in [0.05, 0.1) is 0 Å². The third kappa shape index (κ3) is 3.41. The number of halogens is 2. The highest BCUT2D eigenvalue weighted by Crippen LogP contribution is 2.15. The van der Waals surface area contributed by atoms with Gasteiger partial charge >= 0.3 is 0 Å². The highest BCUT2D eigenvalue weighted by molar-refractivity contribution is 9.10. The maximum Gasteiger partial charge on any atom is 0.0175 e. The molecule has 0 spiro atoms. The van der Waals surface area contributed by atoms with E-state index in [2.05, 4.69) is 80.4 Å². The lowest BCUT2D eigenvalue weighted by molar-refractivity contribution is 1.69. The molecule has 0 fully saturated rings. The molecule has 0 aliphatic heterocycles. The van der Waals surface area contributed by atoms with Crippen LogP contribution < -0.4 is 10.6 Å². The van der Waals surface area contributed by atoms with Gasteiger partial charge in [-0.2, -0.15) is 0 Å². The zero-order valence-electron chi connectivity index (χ0n) is 7.87. The number of hydrogen-bond acceptors (Lipinski definition) is 0. The lowest BCUT2D eigenvalue weighted by Gasteiger charge is -2.02. The Hall–Kier alpha value is -0.170. The van der Waals surface area contributed by atoms with Gasteiger partial charge in [0, 0.05) is 8.95 Å². The summed E-state index contributed by atoms with van der Waals surface area (Å²) in [6.07, 6.45) is 0. The molecule has 2 rings (SSSR count). The van der Waals surface area contributed by atoms with Crippen molar-refractivity contribution in [3.05, 3.63) is 57.5 Å². The van der Waals surface area contributed by atoms with Crippen molar-refractivity contribution < 1.29 is 0 Å². The average molecular weight is 344 g/mol. The van der Waals surface area contributed by atoms with Gasteiger partial charge in [-0.05, 0) is 34.9 Å². The average Bonchev–Trinajstić information content (AvgIpc) is 2.25. The fourth-order valence-corrected chi connectivity index (χ4v) is 2.76. The predicted octanol–water partition coefficient (Wildman–Crippen LogP) is 3.84. The highest BCUT2D eigenvalue weighted by atomic mass is 79.9. The van der Waals surface area contributed by atoms with Crippen molar-refractivity contribution in [2.45, 2.75) is 0 Å². The third-order valence-corrected chi connectivity index (χ3v) is 4.28. The van der Waals surface area contributed by atoms with E-state index in [1.54, 1.807) is 0 Å². The van der Waals surface area contributed by atoms with Gasteiger partial charge in [0.1, 0.15) is 0 Å². The molecule has 15 heavy (non-hydrogen) atoms. The zero-order valence-corrected chi connectivity index (χ0v) is 12.0. The largest absolute Gasteiger partial charge is 0.0591 e. The number of rotatable bonds is 2. The third-order valence-electron chi connectivity index (χ3n) is 1.98. The van der Waals surface area contributed by atoms with Crippen molar-refractivity contribution in [2.75, 3.05) is 0 Å². The highest BCUT2D eigenvalue weighted by Gasteiger charge is 1.96. The van der Waals surface area contributed by atoms with Crippen molar-refractivity contribution >= 4 is 51.0 Å². The van der Waals surface area contributed by atoms with E-state index in [1.165, 1.54) is 10.6 Å². The second-order valence-corrected chi connectivity index (χ2v) is 6.37. The summed E-state index contributed by atoms with van der Waals surface area (Å²) in [6.45, 7) is 0. The first-order valence-corrected chi connectivity index (χ1v) is 7.11. The Bertz CT molecular complexity index is 391. The molecule has 0 N–H and O–H groups in total. The maximum atomic E-state index is 3.44. The van der Waals surface area contributed by atoms with Crippen LogP contribution in [0.1, 0.15) is 0 Å². The van der Waals surface area contributed by atoms with Crippen LogP contribution in [0.25, 0.3) is 0 Å². The fourth-order valence-electron chi connectivity index (χ4n) is 1.23. The zero-order chi connectivity index (χ0) is 10.7. The summed E-state index contributed by atoms with van der Waals surface area (Å²) in [4.78, 5) is 0. The van der Waals surface area contributed by atoms with Gasteiger partial charge in [-0.1, -0.05) is 64.7 Å². The lowest BCUT2D eigenvalue weighted by atomic mass is 10.4. The van der Waals surface area contributed by atoms with Gasteiger partial charge < -0.3 is 0 Å². The summed E-state index contributed by atoms with van der Waals surface area (Å²) in [5, 5.41) is 2.72. The van der Waals surface area contributed by atoms with Gasteiger partial charge in [0.2, 0.25) is 0 Å². The minimum absolute atomic E-state index is 0.728. The molecule has 0 amide bonds. The van der Waals surface area contributed by atoms with Crippen molar-refractivity contribution in [1.29, 1.82) is 0 Å². The number of benzene rings is 2. The Morgan fingerprint density at radius 3 is 1.27 bits per heavy atom. The maximum absolute atomic E-state index is 3.44. The first kappa shape index (κ1) is 11.3. The minimum Gasteiger partial charge on any atom is -0.0591 e. The lowest BCUT2D eigenvalue weighted by Crippen LogP contribution is -2.01. The van der Waals surface area contributed by atoms with Gasteiger partial charge in [-0.3, -0.25) is 0 Å². The topological polar surface area (TPSA) is 0 Å². The van der Waals surface area contributed by atoms with Crippen LogP contribution in [0.5, 0.6) is 0 Å². The molecule has 76 valence electrons. The quantitative estimate of drug-likeness (QED) is 0.727. The summed E-state index contributed by atoms with van der Waals surface area (Å²) in [5.41, 5.74) is 0. The SMILES string of the molecule is Brc1ccc(Pc2ccc(Br)cc2)cc1. The van der Waals surface area contributed by atoms with Crippen molar-refractivity contribution in [3.63, 3.8) is 0 Å². The Labute approximate surface area is 108 Å². The van der Waals surface area contributed by atoms with E-state index in [0.29, 0.717) is 0 Å². The van der Waals surface area contributed by atoms with Crippen LogP contribution in [0.2, 0.25) is 0 Å². The smallest absolute Gasteiger partial charge is 0.0175 e. The molecule has 0 heterocycles. The van der Waals surface area contributed by atoms with E-state index in [1.807, 2.05) is 0 Å². The van der Waals surface area contributed by atoms with Gasteiger partial charge in [0.25, 0.3) is 0 Å². The van der Waals surface area contributed by atoms with Gasteiger partial charge in [-0.25, -0.2) is 0 Å². The van der Waals surface area contributed by atoms with Crippen LogP contribution >= 0.6 is 40.4 Å². The summed E-state index contributed by atoms with van der Waals surface area (Å²) in [7, 11) is 0.728. The van der Waals surface area contributed by atoms with E-state index in [0.717, 1.165) is 17.5 Å². The molecule has 0 radical (unpaired) electrons. The fraction of sp³-hybridized carbons (Fsp3) is 0. The van der Waals surface area contributed by atoms with E-state index in [4.69, 9.17) is 0 Å². The standard InChI is InChI=1S/C12H9Br2P/c13-9-1-5-11(6-2-9)15-12-7-3-10(14)4-8-12/h1-8,15H. The summed E-state index contributed by atoms with van der Waals surface area (Å²) in [6, 6.07) is 17.0.